The van der Waals surface area contributed by atoms with Crippen molar-refractivity contribution >= 4 is 11.3 Å². The molecular formula is C13H12F2OS. The van der Waals surface area contributed by atoms with Crippen LogP contribution in [0.1, 0.15) is 22.9 Å². The highest BCUT2D eigenvalue weighted by atomic mass is 32.1. The average molecular weight is 254 g/mol. The SMILES string of the molecule is Cc1cc(C(C)(O)c2cccc(F)c2F)cs1. The van der Waals surface area contributed by atoms with Gasteiger partial charge in [0.05, 0.1) is 0 Å². The zero-order valence-corrected chi connectivity index (χ0v) is 10.3. The Balaban J connectivity index is 2.55. The van der Waals surface area contributed by atoms with Gasteiger partial charge in [-0.3, -0.25) is 0 Å². The maximum absolute atomic E-state index is 13.7. The van der Waals surface area contributed by atoms with Gasteiger partial charge < -0.3 is 5.11 Å². The van der Waals surface area contributed by atoms with E-state index < -0.39 is 17.2 Å². The summed E-state index contributed by atoms with van der Waals surface area (Å²) < 4.78 is 26.8. The van der Waals surface area contributed by atoms with Gasteiger partial charge in [-0.25, -0.2) is 8.78 Å². The number of thiophene rings is 1. The smallest absolute Gasteiger partial charge is 0.165 e. The Bertz CT molecular complexity index is 546. The van der Waals surface area contributed by atoms with Gasteiger partial charge in [0.1, 0.15) is 5.60 Å². The second kappa shape index (κ2) is 4.20. The van der Waals surface area contributed by atoms with Crippen LogP contribution in [0.3, 0.4) is 0 Å². The van der Waals surface area contributed by atoms with E-state index in [-0.39, 0.29) is 5.56 Å². The molecule has 0 aliphatic carbocycles. The van der Waals surface area contributed by atoms with Crippen molar-refractivity contribution in [2.45, 2.75) is 19.4 Å². The molecule has 1 aromatic heterocycles. The summed E-state index contributed by atoms with van der Waals surface area (Å²) in [5.74, 6) is -1.95. The van der Waals surface area contributed by atoms with Crippen molar-refractivity contribution in [1.82, 2.24) is 0 Å². The molecule has 2 aromatic rings. The summed E-state index contributed by atoms with van der Waals surface area (Å²) in [5.41, 5.74) is -0.989. The Labute approximate surface area is 102 Å². The summed E-state index contributed by atoms with van der Waals surface area (Å²) in [7, 11) is 0. The van der Waals surface area contributed by atoms with Crippen LogP contribution in [0.15, 0.2) is 29.6 Å². The molecule has 17 heavy (non-hydrogen) atoms. The molecule has 1 atom stereocenters. The standard InChI is InChI=1S/C13H12F2OS/c1-8-6-9(7-17-8)13(2,16)10-4-3-5-11(14)12(10)15/h3-7,16H,1-2H3. The fourth-order valence-corrected chi connectivity index (χ4v) is 2.54. The highest BCUT2D eigenvalue weighted by Crippen LogP contribution is 2.33. The van der Waals surface area contributed by atoms with Gasteiger partial charge in [-0.05, 0) is 36.9 Å². The van der Waals surface area contributed by atoms with Gasteiger partial charge in [-0.15, -0.1) is 11.3 Å². The summed E-state index contributed by atoms with van der Waals surface area (Å²) in [6.07, 6.45) is 0. The highest BCUT2D eigenvalue weighted by molar-refractivity contribution is 7.10. The van der Waals surface area contributed by atoms with E-state index in [1.54, 1.807) is 11.4 Å². The molecular weight excluding hydrogens is 242 g/mol. The monoisotopic (exact) mass is 254 g/mol. The Hall–Kier alpha value is -1.26. The number of halogens is 2. The summed E-state index contributed by atoms with van der Waals surface area (Å²) in [5, 5.41) is 12.1. The fourth-order valence-electron chi connectivity index (χ4n) is 1.73. The van der Waals surface area contributed by atoms with Crippen LogP contribution in [0.2, 0.25) is 0 Å². The summed E-state index contributed by atoms with van der Waals surface area (Å²) in [6, 6.07) is 5.59. The van der Waals surface area contributed by atoms with Gasteiger partial charge in [0.25, 0.3) is 0 Å². The van der Waals surface area contributed by atoms with Crippen molar-refractivity contribution in [2.75, 3.05) is 0 Å². The first-order chi connectivity index (χ1) is 7.93. The van der Waals surface area contributed by atoms with E-state index in [4.69, 9.17) is 0 Å². The minimum Gasteiger partial charge on any atom is -0.381 e. The number of hydrogen-bond acceptors (Lipinski definition) is 2. The van der Waals surface area contributed by atoms with Crippen LogP contribution in [-0.2, 0) is 5.60 Å². The van der Waals surface area contributed by atoms with Crippen LogP contribution in [0.4, 0.5) is 8.78 Å². The molecule has 0 spiro atoms. The lowest BCUT2D eigenvalue weighted by atomic mass is 9.89. The molecule has 0 aliphatic rings. The third kappa shape index (κ3) is 2.10. The molecule has 1 aromatic carbocycles. The van der Waals surface area contributed by atoms with Crippen molar-refractivity contribution in [3.8, 4) is 0 Å². The van der Waals surface area contributed by atoms with E-state index in [1.807, 2.05) is 6.92 Å². The van der Waals surface area contributed by atoms with Crippen LogP contribution in [-0.4, -0.2) is 5.11 Å². The van der Waals surface area contributed by atoms with Crippen LogP contribution in [0, 0.1) is 18.6 Å². The van der Waals surface area contributed by atoms with Gasteiger partial charge in [0, 0.05) is 10.4 Å². The Morgan fingerprint density at radius 3 is 2.59 bits per heavy atom. The third-order valence-electron chi connectivity index (χ3n) is 2.77. The number of benzene rings is 1. The third-order valence-corrected chi connectivity index (χ3v) is 3.63. The fraction of sp³-hybridized carbons (Fsp3) is 0.231. The molecule has 1 heterocycles. The molecule has 1 nitrogen and oxygen atoms in total. The van der Waals surface area contributed by atoms with Gasteiger partial charge in [0.15, 0.2) is 11.6 Å². The Morgan fingerprint density at radius 2 is 2.00 bits per heavy atom. The van der Waals surface area contributed by atoms with Crippen LogP contribution < -0.4 is 0 Å². The van der Waals surface area contributed by atoms with Gasteiger partial charge in [-0.1, -0.05) is 12.1 Å². The van der Waals surface area contributed by atoms with Crippen molar-refractivity contribution in [3.63, 3.8) is 0 Å². The maximum atomic E-state index is 13.7. The summed E-state index contributed by atoms with van der Waals surface area (Å²) >= 11 is 1.46. The molecule has 0 saturated heterocycles. The van der Waals surface area contributed by atoms with E-state index in [0.29, 0.717) is 5.56 Å². The molecule has 0 bridgehead atoms. The molecule has 0 fully saturated rings. The second-order valence-electron chi connectivity index (χ2n) is 4.12. The van der Waals surface area contributed by atoms with E-state index in [0.717, 1.165) is 10.9 Å². The van der Waals surface area contributed by atoms with Gasteiger partial charge >= 0.3 is 0 Å². The Kier molecular flexibility index (Phi) is 3.02. The van der Waals surface area contributed by atoms with E-state index in [1.165, 1.54) is 30.4 Å². The second-order valence-corrected chi connectivity index (χ2v) is 5.23. The summed E-state index contributed by atoms with van der Waals surface area (Å²) in [4.78, 5) is 1.01. The van der Waals surface area contributed by atoms with Crippen molar-refractivity contribution in [1.29, 1.82) is 0 Å². The molecule has 2 rings (SSSR count). The molecule has 0 aliphatic heterocycles. The maximum Gasteiger partial charge on any atom is 0.165 e. The molecule has 90 valence electrons. The van der Waals surface area contributed by atoms with Crippen LogP contribution in [0.5, 0.6) is 0 Å². The predicted octanol–water partition coefficient (Wildman–Crippen LogP) is 3.59. The van der Waals surface area contributed by atoms with Crippen LogP contribution >= 0.6 is 11.3 Å². The zero-order chi connectivity index (χ0) is 12.6. The van der Waals surface area contributed by atoms with Crippen molar-refractivity contribution in [3.05, 3.63) is 57.3 Å². The first-order valence-corrected chi connectivity index (χ1v) is 6.03. The normalized spacial score (nSPS) is 14.6. The first kappa shape index (κ1) is 12.2. The Morgan fingerprint density at radius 1 is 1.29 bits per heavy atom. The minimum atomic E-state index is -1.52. The molecule has 4 heteroatoms. The number of aliphatic hydroxyl groups is 1. The lowest BCUT2D eigenvalue weighted by Crippen LogP contribution is -2.24. The lowest BCUT2D eigenvalue weighted by Gasteiger charge is -2.23. The zero-order valence-electron chi connectivity index (χ0n) is 9.50. The quantitative estimate of drug-likeness (QED) is 0.868. The summed E-state index contributed by atoms with van der Waals surface area (Å²) in [6.45, 7) is 3.36. The predicted molar refractivity (Wildman–Crippen MR) is 64.1 cm³/mol. The van der Waals surface area contributed by atoms with Crippen LogP contribution in [0.25, 0.3) is 0 Å². The van der Waals surface area contributed by atoms with Gasteiger partial charge in [0.2, 0.25) is 0 Å². The number of aryl methyl sites for hydroxylation is 1. The van der Waals surface area contributed by atoms with Crippen molar-refractivity contribution in [2.24, 2.45) is 0 Å². The number of hydrogen-bond donors (Lipinski definition) is 1. The van der Waals surface area contributed by atoms with Gasteiger partial charge in [-0.2, -0.15) is 0 Å². The molecule has 0 saturated carbocycles. The minimum absolute atomic E-state index is 0.0460. The first-order valence-electron chi connectivity index (χ1n) is 5.15. The topological polar surface area (TPSA) is 20.2 Å². The van der Waals surface area contributed by atoms with Crippen molar-refractivity contribution < 1.29 is 13.9 Å². The highest BCUT2D eigenvalue weighted by Gasteiger charge is 2.30. The molecule has 1 N–H and O–H groups in total. The molecule has 1 unspecified atom stereocenters. The largest absolute Gasteiger partial charge is 0.381 e. The molecule has 0 amide bonds. The number of rotatable bonds is 2. The van der Waals surface area contributed by atoms with E-state index >= 15 is 0 Å². The average Bonchev–Trinajstić information content (AvgIpc) is 2.69. The lowest BCUT2D eigenvalue weighted by molar-refractivity contribution is 0.0974. The van der Waals surface area contributed by atoms with E-state index in [9.17, 15) is 13.9 Å². The van der Waals surface area contributed by atoms with E-state index in [2.05, 4.69) is 0 Å². The molecule has 0 radical (unpaired) electrons.